The maximum Gasteiger partial charge on any atom is 0.128 e. The first-order valence-electron chi connectivity index (χ1n) is 20.8. The SMILES string of the molecule is [2H]C([2H])([2H])c1cnc(-c2[c-]ccc3c2oc2c4ccncc4ccc32)cc1C([2H])([2H])C(C)(C)C.[2H]C([2H])(c1ccc(-c2ccnc(-c3[c-]cccc3)c2)cc1)C(C)(C)C.[Ir]. The standard InChI is InChI=1S/C26H23N2O.C22H22N.Ir/c1-16-14-28-23(12-18(16)13-26(2,3)4)22-7-5-6-20-21-9-8-17-15-27-11-10-19(17)24(21)29-25(20)22;1-22(2,3)16-17-9-11-18(12-10-17)20-13-14-23-21(15-20)19-7-5-4-6-8-19;/h5-6,8-12,14-15H,13H2,1-4H3;4-7,9-15H,16H2,1-3H3;/q2*-1;/i1D3,13D2;16D2;. The van der Waals surface area contributed by atoms with Crippen molar-refractivity contribution in [2.45, 2.75) is 61.1 Å². The molecule has 269 valence electrons. The zero-order valence-electron chi connectivity index (χ0n) is 37.6. The maximum atomic E-state index is 8.79. The van der Waals surface area contributed by atoms with Gasteiger partial charge in [0.15, 0.2) is 0 Å². The molecule has 0 aliphatic rings. The zero-order valence-corrected chi connectivity index (χ0v) is 33.0. The minimum absolute atomic E-state index is 0. The molecule has 0 bridgehead atoms. The van der Waals surface area contributed by atoms with Gasteiger partial charge in [-0.1, -0.05) is 107 Å². The normalized spacial score (nSPS) is 14.4. The van der Waals surface area contributed by atoms with E-state index >= 15 is 0 Å². The van der Waals surface area contributed by atoms with E-state index in [1.165, 1.54) is 12.3 Å². The van der Waals surface area contributed by atoms with Crippen LogP contribution in [-0.4, -0.2) is 15.0 Å². The van der Waals surface area contributed by atoms with Crippen LogP contribution in [0.3, 0.4) is 0 Å². The zero-order chi connectivity index (χ0) is 42.5. The van der Waals surface area contributed by atoms with E-state index < -0.39 is 30.4 Å². The molecular weight excluding hydrogens is 827 g/mol. The number of rotatable bonds is 5. The Morgan fingerprint density at radius 2 is 1.47 bits per heavy atom. The van der Waals surface area contributed by atoms with E-state index in [1.54, 1.807) is 45.4 Å². The Balaban J connectivity index is 0.000000207. The third-order valence-electron chi connectivity index (χ3n) is 8.37. The molecule has 4 heterocycles. The maximum absolute atomic E-state index is 8.79. The van der Waals surface area contributed by atoms with Gasteiger partial charge in [0.2, 0.25) is 0 Å². The number of nitrogens with zero attached hydrogens (tertiary/aromatic N) is 3. The summed E-state index contributed by atoms with van der Waals surface area (Å²) in [6, 6.07) is 37.0. The monoisotopic (exact) mass is 879 g/mol. The number of fused-ring (bicyclic) bond motifs is 5. The molecule has 4 aromatic carbocycles. The van der Waals surface area contributed by atoms with Crippen molar-refractivity contribution in [3.8, 4) is 33.6 Å². The van der Waals surface area contributed by atoms with Crippen molar-refractivity contribution < 1.29 is 34.1 Å². The molecule has 5 heteroatoms. The quantitative estimate of drug-likeness (QED) is 0.162. The van der Waals surface area contributed by atoms with E-state index in [2.05, 4.69) is 27.1 Å². The Morgan fingerprint density at radius 3 is 2.21 bits per heavy atom. The van der Waals surface area contributed by atoms with Crippen molar-refractivity contribution in [2.24, 2.45) is 10.8 Å². The van der Waals surface area contributed by atoms with E-state index in [-0.39, 0.29) is 31.2 Å². The Bertz CT molecular complexity index is 2790. The van der Waals surface area contributed by atoms with Gasteiger partial charge >= 0.3 is 0 Å². The molecule has 0 atom stereocenters. The van der Waals surface area contributed by atoms with Gasteiger partial charge in [-0.05, 0) is 76.2 Å². The van der Waals surface area contributed by atoms with Crippen molar-refractivity contribution in [1.29, 1.82) is 0 Å². The van der Waals surface area contributed by atoms with Gasteiger partial charge < -0.3 is 14.4 Å². The smallest absolute Gasteiger partial charge is 0.128 e. The first-order chi connectivity index (χ1) is 27.7. The summed E-state index contributed by atoms with van der Waals surface area (Å²) in [4.78, 5) is 13.0. The van der Waals surface area contributed by atoms with Gasteiger partial charge in [-0.25, -0.2) is 0 Å². The van der Waals surface area contributed by atoms with Crippen molar-refractivity contribution in [3.05, 3.63) is 151 Å². The predicted molar refractivity (Wildman–Crippen MR) is 216 cm³/mol. The minimum Gasteiger partial charge on any atom is -0.500 e. The summed E-state index contributed by atoms with van der Waals surface area (Å²) < 4.78 is 64.6. The molecule has 0 saturated carbocycles. The molecule has 0 N–H and O–H groups in total. The summed E-state index contributed by atoms with van der Waals surface area (Å²) in [6.45, 7) is 8.53. The van der Waals surface area contributed by atoms with E-state index in [9.17, 15) is 0 Å². The number of hydrogen-bond acceptors (Lipinski definition) is 4. The molecule has 0 saturated heterocycles. The van der Waals surface area contributed by atoms with Crippen LogP contribution in [0.2, 0.25) is 0 Å². The second-order valence-electron chi connectivity index (χ2n) is 14.9. The number of aryl methyl sites for hydroxylation is 1. The van der Waals surface area contributed by atoms with Crippen molar-refractivity contribution in [3.63, 3.8) is 0 Å². The molecular formula is C48H45IrN3O-2. The molecule has 0 fully saturated rings. The van der Waals surface area contributed by atoms with E-state index in [0.717, 1.165) is 49.5 Å². The van der Waals surface area contributed by atoms with Crippen LogP contribution in [-0.2, 0) is 32.9 Å². The van der Waals surface area contributed by atoms with Crippen molar-refractivity contribution in [2.75, 3.05) is 0 Å². The van der Waals surface area contributed by atoms with E-state index in [1.807, 2.05) is 106 Å². The minimum atomic E-state index is -2.50. The summed E-state index contributed by atoms with van der Waals surface area (Å²) in [6.07, 6.45) is 3.27. The molecule has 4 nitrogen and oxygen atoms in total. The number of furan rings is 1. The van der Waals surface area contributed by atoms with Gasteiger partial charge in [-0.2, -0.15) is 0 Å². The Morgan fingerprint density at radius 1 is 0.679 bits per heavy atom. The summed E-state index contributed by atoms with van der Waals surface area (Å²) in [7, 11) is 0. The first-order valence-corrected chi connectivity index (χ1v) is 17.3. The van der Waals surface area contributed by atoms with Crippen LogP contribution in [0.4, 0.5) is 0 Å². The number of aromatic nitrogens is 3. The van der Waals surface area contributed by atoms with Crippen LogP contribution in [0.5, 0.6) is 0 Å². The van der Waals surface area contributed by atoms with Crippen LogP contribution >= 0.6 is 0 Å². The Labute approximate surface area is 336 Å². The van der Waals surface area contributed by atoms with E-state index in [4.69, 9.17) is 14.0 Å². The third-order valence-corrected chi connectivity index (χ3v) is 8.37. The average molecular weight is 879 g/mol. The van der Waals surface area contributed by atoms with Crippen LogP contribution in [0.1, 0.15) is 67.8 Å². The average Bonchev–Trinajstić information content (AvgIpc) is 3.60. The van der Waals surface area contributed by atoms with Gasteiger partial charge in [0.05, 0.1) is 5.58 Å². The summed E-state index contributed by atoms with van der Waals surface area (Å²) in [5.74, 6) is 0. The van der Waals surface area contributed by atoms with Gasteiger partial charge in [0.1, 0.15) is 5.58 Å². The molecule has 0 aliphatic carbocycles. The molecule has 0 unspecified atom stereocenters. The van der Waals surface area contributed by atoms with Gasteiger partial charge in [0.25, 0.3) is 0 Å². The second-order valence-corrected chi connectivity index (χ2v) is 14.9. The molecule has 0 spiro atoms. The van der Waals surface area contributed by atoms with E-state index in [0.29, 0.717) is 22.4 Å². The molecule has 0 amide bonds. The number of benzene rings is 4. The molecule has 8 rings (SSSR count). The van der Waals surface area contributed by atoms with Crippen molar-refractivity contribution in [1.82, 2.24) is 15.0 Å². The van der Waals surface area contributed by atoms with Crippen molar-refractivity contribution >= 4 is 32.7 Å². The second kappa shape index (κ2) is 15.6. The topological polar surface area (TPSA) is 51.8 Å². The molecule has 53 heavy (non-hydrogen) atoms. The summed E-state index contributed by atoms with van der Waals surface area (Å²) in [5.41, 5.74) is 5.62. The fourth-order valence-corrected chi connectivity index (χ4v) is 6.15. The van der Waals surface area contributed by atoms with Gasteiger partial charge in [-0.15, -0.1) is 54.1 Å². The number of hydrogen-bond donors (Lipinski definition) is 0. The van der Waals surface area contributed by atoms with Crippen LogP contribution < -0.4 is 0 Å². The predicted octanol–water partition coefficient (Wildman–Crippen LogP) is 12.7. The Hall–Kier alpha value is -4.96. The van der Waals surface area contributed by atoms with Crippen LogP contribution in [0, 0.1) is 29.8 Å². The number of pyridine rings is 3. The van der Waals surface area contributed by atoms with Crippen LogP contribution in [0.15, 0.2) is 126 Å². The first kappa shape index (κ1) is 29.5. The van der Waals surface area contributed by atoms with Crippen LogP contribution in [0.25, 0.3) is 66.4 Å². The fourth-order valence-electron chi connectivity index (χ4n) is 6.15. The molecule has 1 radical (unpaired) electrons. The third kappa shape index (κ3) is 8.82. The summed E-state index contributed by atoms with van der Waals surface area (Å²) in [5, 5.41) is 3.71. The fraction of sp³-hybridized carbons (Fsp3) is 0.229. The van der Waals surface area contributed by atoms with Gasteiger partial charge in [-0.3, -0.25) is 4.98 Å². The summed E-state index contributed by atoms with van der Waals surface area (Å²) >= 11 is 0. The molecule has 4 aromatic heterocycles. The largest absolute Gasteiger partial charge is 0.500 e. The van der Waals surface area contributed by atoms with Gasteiger partial charge in [0, 0.05) is 70.6 Å². The molecule has 0 aliphatic heterocycles. The molecule has 8 aromatic rings. The Kier molecular flexibility index (Phi) is 8.66.